The van der Waals surface area contributed by atoms with Crippen molar-refractivity contribution < 1.29 is 5.11 Å². The van der Waals surface area contributed by atoms with Crippen LogP contribution in [-0.4, -0.2) is 37.7 Å². The predicted octanol–water partition coefficient (Wildman–Crippen LogP) is 1.71. The number of nitrogens with one attached hydrogen (secondary N) is 1. The Labute approximate surface area is 118 Å². The van der Waals surface area contributed by atoms with Gasteiger partial charge in [-0.2, -0.15) is 5.10 Å². The first-order chi connectivity index (χ1) is 9.51. The van der Waals surface area contributed by atoms with E-state index >= 15 is 0 Å². The molecule has 0 fully saturated rings. The summed E-state index contributed by atoms with van der Waals surface area (Å²) < 4.78 is 1.76. The fraction of sp³-hybridized carbons (Fsp3) is 0.500. The largest absolute Gasteiger partial charge is 0.394 e. The van der Waals surface area contributed by atoms with Gasteiger partial charge in [-0.25, -0.2) is 4.68 Å². The van der Waals surface area contributed by atoms with E-state index in [4.69, 9.17) is 0 Å². The van der Waals surface area contributed by atoms with Crippen molar-refractivity contribution in [3.05, 3.63) is 29.6 Å². The van der Waals surface area contributed by atoms with Crippen LogP contribution < -0.4 is 5.32 Å². The van der Waals surface area contributed by atoms with E-state index in [0.29, 0.717) is 17.6 Å². The van der Waals surface area contributed by atoms with Gasteiger partial charge in [-0.15, -0.1) is 10.2 Å². The van der Waals surface area contributed by atoms with Gasteiger partial charge in [-0.3, -0.25) is 0 Å². The zero-order chi connectivity index (χ0) is 14.7. The van der Waals surface area contributed by atoms with E-state index in [2.05, 4.69) is 20.6 Å². The Morgan fingerprint density at radius 3 is 2.45 bits per heavy atom. The highest BCUT2D eigenvalue weighted by molar-refractivity contribution is 5.38. The maximum atomic E-state index is 9.30. The van der Waals surface area contributed by atoms with E-state index in [1.807, 2.05) is 45.9 Å². The van der Waals surface area contributed by atoms with Gasteiger partial charge in [-0.1, -0.05) is 13.8 Å². The van der Waals surface area contributed by atoms with Crippen LogP contribution in [0.5, 0.6) is 0 Å². The minimum atomic E-state index is -0.0242. The van der Waals surface area contributed by atoms with Gasteiger partial charge in [0.1, 0.15) is 5.82 Å². The molecule has 2 aromatic heterocycles. The van der Waals surface area contributed by atoms with Crippen LogP contribution in [0.3, 0.4) is 0 Å². The second kappa shape index (κ2) is 6.00. The Morgan fingerprint density at radius 1 is 1.25 bits per heavy atom. The number of aliphatic hydroxyl groups excluding tert-OH is 1. The number of aromatic nitrogens is 4. The maximum absolute atomic E-state index is 9.30. The molecule has 0 amide bonds. The van der Waals surface area contributed by atoms with Gasteiger partial charge >= 0.3 is 0 Å². The Hall–Kier alpha value is -1.95. The average Bonchev–Trinajstić information content (AvgIpc) is 2.75. The molecule has 2 aromatic rings. The molecule has 2 rings (SSSR count). The second-order valence-electron chi connectivity index (χ2n) is 5.29. The lowest BCUT2D eigenvalue weighted by atomic mass is 10.1. The number of nitrogens with zero attached hydrogens (tertiary/aromatic N) is 4. The molecule has 108 valence electrons. The molecule has 6 nitrogen and oxygen atoms in total. The van der Waals surface area contributed by atoms with Crippen LogP contribution in [0.15, 0.2) is 18.2 Å². The van der Waals surface area contributed by atoms with Crippen LogP contribution in [0.2, 0.25) is 0 Å². The Morgan fingerprint density at radius 2 is 2.00 bits per heavy atom. The number of anilines is 1. The fourth-order valence-corrected chi connectivity index (χ4v) is 1.99. The highest BCUT2D eigenvalue weighted by Crippen LogP contribution is 2.13. The summed E-state index contributed by atoms with van der Waals surface area (Å²) in [6, 6.07) is 5.69. The van der Waals surface area contributed by atoms with Crippen LogP contribution in [-0.2, 0) is 0 Å². The van der Waals surface area contributed by atoms with Crippen LogP contribution >= 0.6 is 0 Å². The molecular formula is C14H21N5O. The molecule has 0 spiro atoms. The highest BCUT2D eigenvalue weighted by Gasteiger charge is 2.13. The molecule has 0 aliphatic heterocycles. The summed E-state index contributed by atoms with van der Waals surface area (Å²) in [5, 5.41) is 25.2. The summed E-state index contributed by atoms with van der Waals surface area (Å²) in [7, 11) is 0. The molecule has 0 saturated heterocycles. The topological polar surface area (TPSA) is 75.9 Å². The molecule has 0 radical (unpaired) electrons. The SMILES string of the molecule is Cc1cc(C)n(-c2ccc(N[C@H](CO)C(C)C)nn2)n1. The third-order valence-electron chi connectivity index (χ3n) is 3.21. The van der Waals surface area contributed by atoms with Crippen molar-refractivity contribution >= 4 is 5.82 Å². The first-order valence-electron chi connectivity index (χ1n) is 6.76. The standard InChI is InChI=1S/C14H21N5O/c1-9(2)12(8-20)15-13-5-6-14(17-16-13)19-11(4)7-10(3)18-19/h5-7,9,12,20H,8H2,1-4H3,(H,15,16)/t12-/m1/s1. The van der Waals surface area contributed by atoms with Gasteiger partial charge in [0.25, 0.3) is 0 Å². The van der Waals surface area contributed by atoms with Crippen molar-refractivity contribution in [2.75, 3.05) is 11.9 Å². The molecule has 0 aliphatic rings. The van der Waals surface area contributed by atoms with Gasteiger partial charge in [0, 0.05) is 5.69 Å². The lowest BCUT2D eigenvalue weighted by Gasteiger charge is -2.20. The predicted molar refractivity (Wildman–Crippen MR) is 78.0 cm³/mol. The summed E-state index contributed by atoms with van der Waals surface area (Å²) in [5.41, 5.74) is 1.97. The minimum absolute atomic E-state index is 0.0242. The number of hydrogen-bond acceptors (Lipinski definition) is 5. The summed E-state index contributed by atoms with van der Waals surface area (Å²) >= 11 is 0. The summed E-state index contributed by atoms with van der Waals surface area (Å²) in [6.45, 7) is 8.09. The lowest BCUT2D eigenvalue weighted by Crippen LogP contribution is -2.30. The molecule has 0 saturated carbocycles. The average molecular weight is 275 g/mol. The second-order valence-corrected chi connectivity index (χ2v) is 5.29. The smallest absolute Gasteiger partial charge is 0.176 e. The molecule has 6 heteroatoms. The van der Waals surface area contributed by atoms with Crippen molar-refractivity contribution in [3.8, 4) is 5.82 Å². The fourth-order valence-electron chi connectivity index (χ4n) is 1.99. The quantitative estimate of drug-likeness (QED) is 0.868. The van der Waals surface area contributed by atoms with Crippen LogP contribution in [0, 0.1) is 19.8 Å². The van der Waals surface area contributed by atoms with E-state index in [-0.39, 0.29) is 12.6 Å². The summed E-state index contributed by atoms with van der Waals surface area (Å²) in [5.74, 6) is 1.66. The number of rotatable bonds is 5. The Kier molecular flexibility index (Phi) is 4.34. The highest BCUT2D eigenvalue weighted by atomic mass is 16.3. The van der Waals surface area contributed by atoms with Crippen LogP contribution in [0.25, 0.3) is 5.82 Å². The number of aryl methyl sites for hydroxylation is 2. The minimum Gasteiger partial charge on any atom is -0.394 e. The van der Waals surface area contributed by atoms with Gasteiger partial charge in [0.2, 0.25) is 0 Å². The van der Waals surface area contributed by atoms with E-state index in [0.717, 1.165) is 11.4 Å². The van der Waals surface area contributed by atoms with Crippen molar-refractivity contribution in [1.29, 1.82) is 0 Å². The third-order valence-corrected chi connectivity index (χ3v) is 3.21. The van der Waals surface area contributed by atoms with Crippen LogP contribution in [0.1, 0.15) is 25.2 Å². The zero-order valence-electron chi connectivity index (χ0n) is 12.3. The molecule has 1 atom stereocenters. The summed E-state index contributed by atoms with van der Waals surface area (Å²) in [6.07, 6.45) is 0. The van der Waals surface area contributed by atoms with Crippen molar-refractivity contribution in [1.82, 2.24) is 20.0 Å². The molecule has 2 N–H and O–H groups in total. The number of aliphatic hydroxyl groups is 1. The Balaban J connectivity index is 2.16. The third kappa shape index (κ3) is 3.14. The molecule has 0 aliphatic carbocycles. The maximum Gasteiger partial charge on any atom is 0.176 e. The first kappa shape index (κ1) is 14.5. The summed E-state index contributed by atoms with van der Waals surface area (Å²) in [4.78, 5) is 0. The zero-order valence-corrected chi connectivity index (χ0v) is 12.3. The molecule has 0 aromatic carbocycles. The van der Waals surface area contributed by atoms with E-state index in [1.165, 1.54) is 0 Å². The van der Waals surface area contributed by atoms with E-state index < -0.39 is 0 Å². The van der Waals surface area contributed by atoms with Gasteiger partial charge in [-0.05, 0) is 38.0 Å². The van der Waals surface area contributed by atoms with Gasteiger partial charge in [0.15, 0.2) is 5.82 Å². The molecule has 0 bridgehead atoms. The first-order valence-corrected chi connectivity index (χ1v) is 6.76. The monoisotopic (exact) mass is 275 g/mol. The molecule has 2 heterocycles. The molecule has 0 unspecified atom stereocenters. The van der Waals surface area contributed by atoms with Gasteiger partial charge in [0.05, 0.1) is 18.3 Å². The molecular weight excluding hydrogens is 254 g/mol. The van der Waals surface area contributed by atoms with E-state index in [1.54, 1.807) is 4.68 Å². The van der Waals surface area contributed by atoms with Crippen LogP contribution in [0.4, 0.5) is 5.82 Å². The van der Waals surface area contributed by atoms with Gasteiger partial charge < -0.3 is 10.4 Å². The lowest BCUT2D eigenvalue weighted by molar-refractivity contribution is 0.249. The van der Waals surface area contributed by atoms with Crippen molar-refractivity contribution in [2.45, 2.75) is 33.7 Å². The normalized spacial score (nSPS) is 12.7. The van der Waals surface area contributed by atoms with Crippen molar-refractivity contribution in [2.24, 2.45) is 5.92 Å². The Bertz CT molecular complexity index is 561. The van der Waals surface area contributed by atoms with Crippen molar-refractivity contribution in [3.63, 3.8) is 0 Å². The number of hydrogen-bond donors (Lipinski definition) is 2. The van der Waals surface area contributed by atoms with E-state index in [9.17, 15) is 5.11 Å². The molecule has 20 heavy (non-hydrogen) atoms.